The molecule has 0 heterocycles. The molecule has 0 atom stereocenters. The minimum atomic E-state index is 0.116. The van der Waals surface area contributed by atoms with Crippen LogP contribution in [0, 0.1) is 0 Å². The molecule has 0 saturated heterocycles. The van der Waals surface area contributed by atoms with Gasteiger partial charge in [0.2, 0.25) is 5.91 Å². The zero-order chi connectivity index (χ0) is 9.03. The molecule has 70 valence electrons. The summed E-state index contributed by atoms with van der Waals surface area (Å²) in [6.45, 7) is 2.88. The van der Waals surface area contributed by atoms with Crippen molar-refractivity contribution in [3.05, 3.63) is 0 Å². The van der Waals surface area contributed by atoms with Gasteiger partial charge in [-0.1, -0.05) is 0 Å². The highest BCUT2D eigenvalue weighted by Crippen LogP contribution is 2.30. The molecule has 0 unspecified atom stereocenters. The zero-order valence-corrected chi connectivity index (χ0v) is 7.94. The van der Waals surface area contributed by atoms with E-state index in [1.807, 2.05) is 7.05 Å². The molecule has 0 bridgehead atoms. The SMILES string of the molecule is CNCCC(=O)NC1(C)CCC1. The number of amides is 1. The van der Waals surface area contributed by atoms with E-state index in [-0.39, 0.29) is 11.4 Å². The molecule has 0 aromatic heterocycles. The summed E-state index contributed by atoms with van der Waals surface area (Å²) in [5, 5.41) is 6.01. The van der Waals surface area contributed by atoms with Crippen molar-refractivity contribution in [2.75, 3.05) is 13.6 Å². The van der Waals surface area contributed by atoms with Crippen LogP contribution in [-0.4, -0.2) is 25.0 Å². The molecule has 0 spiro atoms. The van der Waals surface area contributed by atoms with E-state index in [2.05, 4.69) is 17.6 Å². The van der Waals surface area contributed by atoms with Crippen LogP contribution in [0.5, 0.6) is 0 Å². The third kappa shape index (κ3) is 2.48. The van der Waals surface area contributed by atoms with Crippen molar-refractivity contribution in [1.82, 2.24) is 10.6 Å². The quantitative estimate of drug-likeness (QED) is 0.650. The number of carbonyl (C=O) groups excluding carboxylic acids is 1. The van der Waals surface area contributed by atoms with Crippen molar-refractivity contribution in [2.45, 2.75) is 38.1 Å². The molecule has 3 heteroatoms. The Kier molecular flexibility index (Phi) is 3.09. The first-order chi connectivity index (χ1) is 5.66. The molecule has 0 aromatic rings. The van der Waals surface area contributed by atoms with Crippen LogP contribution in [0.3, 0.4) is 0 Å². The van der Waals surface area contributed by atoms with Crippen LogP contribution < -0.4 is 10.6 Å². The van der Waals surface area contributed by atoms with E-state index in [9.17, 15) is 4.79 Å². The summed E-state index contributed by atoms with van der Waals surface area (Å²) in [5.41, 5.74) is 0.116. The molecule has 12 heavy (non-hydrogen) atoms. The minimum Gasteiger partial charge on any atom is -0.351 e. The lowest BCUT2D eigenvalue weighted by atomic mass is 9.78. The fourth-order valence-electron chi connectivity index (χ4n) is 1.47. The first-order valence-electron chi connectivity index (χ1n) is 4.62. The molecule has 1 fully saturated rings. The van der Waals surface area contributed by atoms with Crippen molar-refractivity contribution < 1.29 is 4.79 Å². The lowest BCUT2D eigenvalue weighted by molar-refractivity contribution is -0.123. The van der Waals surface area contributed by atoms with Crippen LogP contribution >= 0.6 is 0 Å². The van der Waals surface area contributed by atoms with Gasteiger partial charge in [-0.2, -0.15) is 0 Å². The maximum atomic E-state index is 11.3. The maximum Gasteiger partial charge on any atom is 0.221 e. The maximum absolute atomic E-state index is 11.3. The monoisotopic (exact) mass is 170 g/mol. The zero-order valence-electron chi connectivity index (χ0n) is 7.94. The number of hydrogen-bond acceptors (Lipinski definition) is 2. The molecule has 0 aliphatic heterocycles. The van der Waals surface area contributed by atoms with Crippen molar-refractivity contribution in [3.8, 4) is 0 Å². The molecule has 1 saturated carbocycles. The first kappa shape index (κ1) is 9.52. The Labute approximate surface area is 73.9 Å². The normalized spacial score (nSPS) is 19.8. The van der Waals surface area contributed by atoms with Crippen LogP contribution in [-0.2, 0) is 4.79 Å². The third-order valence-corrected chi connectivity index (χ3v) is 2.50. The lowest BCUT2D eigenvalue weighted by Crippen LogP contribution is -2.51. The van der Waals surface area contributed by atoms with Gasteiger partial charge in [0.1, 0.15) is 0 Å². The highest BCUT2D eigenvalue weighted by Gasteiger charge is 2.32. The van der Waals surface area contributed by atoms with Crippen molar-refractivity contribution in [2.24, 2.45) is 0 Å². The summed E-state index contributed by atoms with van der Waals surface area (Å²) in [6, 6.07) is 0. The summed E-state index contributed by atoms with van der Waals surface area (Å²) >= 11 is 0. The topological polar surface area (TPSA) is 41.1 Å². The Bertz CT molecular complexity index is 164. The van der Waals surface area contributed by atoms with Gasteiger partial charge in [0, 0.05) is 18.5 Å². The average molecular weight is 170 g/mol. The largest absolute Gasteiger partial charge is 0.351 e. The van der Waals surface area contributed by atoms with Crippen molar-refractivity contribution in [3.63, 3.8) is 0 Å². The van der Waals surface area contributed by atoms with Crippen LogP contribution in [0.15, 0.2) is 0 Å². The molecule has 1 amide bonds. The molecular formula is C9H18N2O. The second-order valence-corrected chi connectivity index (χ2v) is 3.82. The standard InChI is InChI=1S/C9H18N2O/c1-9(5-3-6-9)11-8(12)4-7-10-2/h10H,3-7H2,1-2H3,(H,11,12). The molecule has 3 nitrogen and oxygen atoms in total. The Balaban J connectivity index is 2.16. The van der Waals surface area contributed by atoms with Gasteiger partial charge in [0.15, 0.2) is 0 Å². The van der Waals surface area contributed by atoms with Gasteiger partial charge in [-0.05, 0) is 33.2 Å². The van der Waals surface area contributed by atoms with Crippen LogP contribution in [0.4, 0.5) is 0 Å². The van der Waals surface area contributed by atoms with Gasteiger partial charge in [-0.3, -0.25) is 4.79 Å². The highest BCUT2D eigenvalue weighted by molar-refractivity contribution is 5.77. The molecule has 1 aliphatic rings. The minimum absolute atomic E-state index is 0.116. The van der Waals surface area contributed by atoms with Gasteiger partial charge in [0.25, 0.3) is 0 Å². The fourth-order valence-corrected chi connectivity index (χ4v) is 1.47. The van der Waals surface area contributed by atoms with Crippen molar-refractivity contribution >= 4 is 5.91 Å². The average Bonchev–Trinajstić information content (AvgIpc) is 1.98. The number of rotatable bonds is 4. The van der Waals surface area contributed by atoms with Crippen LogP contribution in [0.25, 0.3) is 0 Å². The van der Waals surface area contributed by atoms with E-state index in [0.29, 0.717) is 6.42 Å². The molecule has 1 aliphatic carbocycles. The highest BCUT2D eigenvalue weighted by atomic mass is 16.1. The van der Waals surface area contributed by atoms with Gasteiger partial charge >= 0.3 is 0 Å². The predicted octanol–water partition coefficient (Wildman–Crippen LogP) is 0.655. The van der Waals surface area contributed by atoms with Gasteiger partial charge in [-0.25, -0.2) is 0 Å². The van der Waals surface area contributed by atoms with E-state index in [1.54, 1.807) is 0 Å². The van der Waals surface area contributed by atoms with E-state index >= 15 is 0 Å². The van der Waals surface area contributed by atoms with E-state index in [1.165, 1.54) is 6.42 Å². The first-order valence-corrected chi connectivity index (χ1v) is 4.62. The number of nitrogens with one attached hydrogen (secondary N) is 2. The Morgan fingerprint density at radius 3 is 2.58 bits per heavy atom. The Morgan fingerprint density at radius 2 is 2.17 bits per heavy atom. The van der Waals surface area contributed by atoms with E-state index in [0.717, 1.165) is 19.4 Å². The summed E-state index contributed by atoms with van der Waals surface area (Å²) in [6.07, 6.45) is 4.12. The van der Waals surface area contributed by atoms with Gasteiger partial charge in [0.05, 0.1) is 0 Å². The molecular weight excluding hydrogens is 152 g/mol. The fraction of sp³-hybridized carbons (Fsp3) is 0.889. The van der Waals surface area contributed by atoms with Gasteiger partial charge in [-0.15, -0.1) is 0 Å². The number of carbonyl (C=O) groups is 1. The summed E-state index contributed by atoms with van der Waals surface area (Å²) < 4.78 is 0. The van der Waals surface area contributed by atoms with Crippen LogP contribution in [0.2, 0.25) is 0 Å². The van der Waals surface area contributed by atoms with Crippen LogP contribution in [0.1, 0.15) is 32.6 Å². The second-order valence-electron chi connectivity index (χ2n) is 3.82. The lowest BCUT2D eigenvalue weighted by Gasteiger charge is -2.39. The Morgan fingerprint density at radius 1 is 1.50 bits per heavy atom. The van der Waals surface area contributed by atoms with Gasteiger partial charge < -0.3 is 10.6 Å². The summed E-state index contributed by atoms with van der Waals surface area (Å²) in [5.74, 6) is 0.173. The molecule has 1 rings (SSSR count). The van der Waals surface area contributed by atoms with Crippen molar-refractivity contribution in [1.29, 1.82) is 0 Å². The smallest absolute Gasteiger partial charge is 0.221 e. The predicted molar refractivity (Wildman–Crippen MR) is 48.9 cm³/mol. The molecule has 2 N–H and O–H groups in total. The second kappa shape index (κ2) is 3.90. The summed E-state index contributed by atoms with van der Waals surface area (Å²) in [4.78, 5) is 11.3. The Hall–Kier alpha value is -0.570. The number of hydrogen-bond donors (Lipinski definition) is 2. The third-order valence-electron chi connectivity index (χ3n) is 2.50. The van der Waals surface area contributed by atoms with E-state index < -0.39 is 0 Å². The summed E-state index contributed by atoms with van der Waals surface area (Å²) in [7, 11) is 1.86. The van der Waals surface area contributed by atoms with E-state index in [4.69, 9.17) is 0 Å². The molecule has 0 aromatic carbocycles. The molecule has 0 radical (unpaired) electrons.